The third-order valence-electron chi connectivity index (χ3n) is 2.70. The smallest absolute Gasteiger partial charge is 0.319 e. The monoisotopic (exact) mass is 280 g/mol. The van der Waals surface area contributed by atoms with Crippen LogP contribution in [0.2, 0.25) is 0 Å². The van der Waals surface area contributed by atoms with Gasteiger partial charge in [0.1, 0.15) is 5.60 Å². The maximum atomic E-state index is 11.6. The Morgan fingerprint density at radius 2 is 2.42 bits per heavy atom. The minimum absolute atomic E-state index is 0.106. The lowest BCUT2D eigenvalue weighted by atomic mass is 10.00. The highest BCUT2D eigenvalue weighted by Gasteiger charge is 2.25. The van der Waals surface area contributed by atoms with Gasteiger partial charge in [-0.05, 0) is 18.4 Å². The zero-order valence-electron chi connectivity index (χ0n) is 10.8. The second-order valence-corrected chi connectivity index (χ2v) is 5.28. The highest BCUT2D eigenvalue weighted by atomic mass is 32.1. The van der Waals surface area contributed by atoms with Gasteiger partial charge in [0.05, 0.1) is 18.4 Å². The number of thiophene rings is 1. The quantitative estimate of drug-likeness (QED) is 0.794. The van der Waals surface area contributed by atoms with Gasteiger partial charge < -0.3 is 15.7 Å². The van der Waals surface area contributed by atoms with E-state index in [0.717, 1.165) is 5.69 Å². The molecule has 19 heavy (non-hydrogen) atoms. The maximum absolute atomic E-state index is 11.6. The van der Waals surface area contributed by atoms with Crippen molar-refractivity contribution in [2.75, 3.05) is 11.9 Å². The lowest BCUT2D eigenvalue weighted by Crippen LogP contribution is -2.40. The van der Waals surface area contributed by atoms with Crippen molar-refractivity contribution < 1.29 is 9.90 Å². The first-order chi connectivity index (χ1) is 8.97. The van der Waals surface area contributed by atoms with E-state index in [1.807, 2.05) is 16.8 Å². The van der Waals surface area contributed by atoms with Gasteiger partial charge in [-0.15, -0.1) is 0 Å². The standard InChI is InChI=1S/C12H16N4O2S/c1-12(18,9-5-14-16(2)6-9)8-13-11(17)15-10-3-4-19-7-10/h3-7,18H,8H2,1-2H3,(H2,13,15,17). The average Bonchev–Trinajstić information content (AvgIpc) is 2.98. The van der Waals surface area contributed by atoms with E-state index in [0.29, 0.717) is 5.56 Å². The molecular weight excluding hydrogens is 264 g/mol. The molecule has 0 fully saturated rings. The number of amides is 2. The lowest BCUT2D eigenvalue weighted by Gasteiger charge is -2.22. The predicted octanol–water partition coefficient (Wildman–Crippen LogP) is 1.51. The third kappa shape index (κ3) is 3.55. The Balaban J connectivity index is 1.89. The number of aromatic nitrogens is 2. The SMILES string of the molecule is Cn1cc(C(C)(O)CNC(=O)Nc2ccsc2)cn1. The van der Waals surface area contributed by atoms with Crippen LogP contribution in [0.4, 0.5) is 10.5 Å². The zero-order chi connectivity index (χ0) is 13.9. The zero-order valence-corrected chi connectivity index (χ0v) is 11.6. The number of nitrogens with zero attached hydrogens (tertiary/aromatic N) is 2. The Bertz CT molecular complexity index is 548. The number of aryl methyl sites for hydroxylation is 1. The molecule has 2 aromatic heterocycles. The molecule has 2 heterocycles. The normalized spacial score (nSPS) is 13.8. The summed E-state index contributed by atoms with van der Waals surface area (Å²) in [5.41, 5.74) is 0.245. The van der Waals surface area contributed by atoms with Gasteiger partial charge in [-0.3, -0.25) is 4.68 Å². The first-order valence-corrected chi connectivity index (χ1v) is 6.70. The molecule has 6 nitrogen and oxygen atoms in total. The Kier molecular flexibility index (Phi) is 3.87. The number of carbonyl (C=O) groups is 1. The van der Waals surface area contributed by atoms with E-state index in [1.54, 1.807) is 31.0 Å². The topological polar surface area (TPSA) is 79.2 Å². The summed E-state index contributed by atoms with van der Waals surface area (Å²) in [6.45, 7) is 1.74. The molecule has 0 aliphatic carbocycles. The van der Waals surface area contributed by atoms with Crippen LogP contribution in [-0.2, 0) is 12.6 Å². The first-order valence-electron chi connectivity index (χ1n) is 5.76. The Morgan fingerprint density at radius 1 is 1.63 bits per heavy atom. The van der Waals surface area contributed by atoms with E-state index in [-0.39, 0.29) is 12.6 Å². The van der Waals surface area contributed by atoms with Crippen LogP contribution < -0.4 is 10.6 Å². The fourth-order valence-electron chi connectivity index (χ4n) is 1.56. The van der Waals surface area contributed by atoms with Crippen LogP contribution in [0.5, 0.6) is 0 Å². The largest absolute Gasteiger partial charge is 0.383 e. The summed E-state index contributed by atoms with van der Waals surface area (Å²) in [4.78, 5) is 11.6. The van der Waals surface area contributed by atoms with Crippen molar-refractivity contribution in [3.63, 3.8) is 0 Å². The summed E-state index contributed by atoms with van der Waals surface area (Å²) in [6, 6.07) is 1.46. The van der Waals surface area contributed by atoms with Crippen LogP contribution in [0, 0.1) is 0 Å². The summed E-state index contributed by atoms with van der Waals surface area (Å²) < 4.78 is 1.61. The van der Waals surface area contributed by atoms with Crippen molar-refractivity contribution in [2.24, 2.45) is 7.05 Å². The van der Waals surface area contributed by atoms with Gasteiger partial charge in [0, 0.05) is 24.2 Å². The molecule has 0 saturated heterocycles. The van der Waals surface area contributed by atoms with Crippen LogP contribution in [0.15, 0.2) is 29.2 Å². The molecule has 0 aliphatic rings. The molecule has 7 heteroatoms. The number of rotatable bonds is 4. The third-order valence-corrected chi connectivity index (χ3v) is 3.38. The minimum atomic E-state index is -1.15. The molecular formula is C12H16N4O2S. The second kappa shape index (κ2) is 5.41. The molecule has 0 bridgehead atoms. The molecule has 1 atom stereocenters. The minimum Gasteiger partial charge on any atom is -0.383 e. The molecule has 2 aromatic rings. The lowest BCUT2D eigenvalue weighted by molar-refractivity contribution is 0.0599. The fourth-order valence-corrected chi connectivity index (χ4v) is 2.15. The molecule has 0 saturated carbocycles. The van der Waals surface area contributed by atoms with Gasteiger partial charge >= 0.3 is 6.03 Å². The van der Waals surface area contributed by atoms with Crippen molar-refractivity contribution in [1.82, 2.24) is 15.1 Å². The Labute approximate surface area is 115 Å². The Morgan fingerprint density at radius 3 is 3.00 bits per heavy atom. The molecule has 0 spiro atoms. The Hall–Kier alpha value is -1.86. The molecule has 3 N–H and O–H groups in total. The van der Waals surface area contributed by atoms with Gasteiger partial charge in [0.25, 0.3) is 0 Å². The molecule has 0 aromatic carbocycles. The predicted molar refractivity (Wildman–Crippen MR) is 74.1 cm³/mol. The summed E-state index contributed by atoms with van der Waals surface area (Å²) in [5.74, 6) is 0. The van der Waals surface area contributed by atoms with Crippen molar-refractivity contribution in [3.05, 3.63) is 34.8 Å². The van der Waals surface area contributed by atoms with Gasteiger partial charge in [-0.2, -0.15) is 16.4 Å². The molecule has 0 aliphatic heterocycles. The first kappa shape index (κ1) is 13.6. The number of anilines is 1. The van der Waals surface area contributed by atoms with E-state index in [2.05, 4.69) is 15.7 Å². The van der Waals surface area contributed by atoms with Crippen molar-refractivity contribution in [1.29, 1.82) is 0 Å². The average molecular weight is 280 g/mol. The van der Waals surface area contributed by atoms with Crippen molar-refractivity contribution >= 4 is 23.1 Å². The molecule has 1 unspecified atom stereocenters. The van der Waals surface area contributed by atoms with Gasteiger partial charge in [0.15, 0.2) is 0 Å². The molecule has 2 amide bonds. The van der Waals surface area contributed by atoms with E-state index in [9.17, 15) is 9.90 Å². The number of hydrogen-bond acceptors (Lipinski definition) is 4. The van der Waals surface area contributed by atoms with E-state index in [4.69, 9.17) is 0 Å². The summed E-state index contributed by atoms with van der Waals surface area (Å²) in [7, 11) is 1.77. The highest BCUT2D eigenvalue weighted by molar-refractivity contribution is 7.08. The second-order valence-electron chi connectivity index (χ2n) is 4.50. The number of nitrogens with one attached hydrogen (secondary N) is 2. The van der Waals surface area contributed by atoms with Crippen LogP contribution in [-0.4, -0.2) is 27.5 Å². The maximum Gasteiger partial charge on any atom is 0.319 e. The van der Waals surface area contributed by atoms with Crippen LogP contribution in [0.25, 0.3) is 0 Å². The highest BCUT2D eigenvalue weighted by Crippen LogP contribution is 2.18. The number of urea groups is 1. The van der Waals surface area contributed by atoms with E-state index < -0.39 is 5.60 Å². The van der Waals surface area contributed by atoms with Crippen LogP contribution >= 0.6 is 11.3 Å². The van der Waals surface area contributed by atoms with Crippen LogP contribution in [0.3, 0.4) is 0 Å². The summed E-state index contributed by atoms with van der Waals surface area (Å²) >= 11 is 1.50. The van der Waals surface area contributed by atoms with Crippen molar-refractivity contribution in [2.45, 2.75) is 12.5 Å². The van der Waals surface area contributed by atoms with Crippen LogP contribution in [0.1, 0.15) is 12.5 Å². The van der Waals surface area contributed by atoms with Gasteiger partial charge in [-0.25, -0.2) is 4.79 Å². The van der Waals surface area contributed by atoms with Gasteiger partial charge in [0.2, 0.25) is 0 Å². The number of aliphatic hydroxyl groups is 1. The molecule has 2 rings (SSSR count). The summed E-state index contributed by atoms with van der Waals surface area (Å²) in [6.07, 6.45) is 3.30. The molecule has 102 valence electrons. The molecule has 0 radical (unpaired) electrons. The van der Waals surface area contributed by atoms with Crippen molar-refractivity contribution in [3.8, 4) is 0 Å². The van der Waals surface area contributed by atoms with E-state index >= 15 is 0 Å². The number of hydrogen-bond donors (Lipinski definition) is 3. The van der Waals surface area contributed by atoms with Gasteiger partial charge in [-0.1, -0.05) is 0 Å². The van der Waals surface area contributed by atoms with E-state index in [1.165, 1.54) is 11.3 Å². The number of carbonyl (C=O) groups excluding carboxylic acids is 1. The summed E-state index contributed by atoms with van der Waals surface area (Å²) in [5, 5.41) is 23.3. The fraction of sp³-hybridized carbons (Fsp3) is 0.333.